The van der Waals surface area contributed by atoms with Crippen LogP contribution in [0.25, 0.3) is 0 Å². The van der Waals surface area contributed by atoms with Crippen LogP contribution in [-0.2, 0) is 13.5 Å². The van der Waals surface area contributed by atoms with E-state index in [0.29, 0.717) is 0 Å². The lowest BCUT2D eigenvalue weighted by atomic mass is 10.1. The third kappa shape index (κ3) is 2.73. The summed E-state index contributed by atoms with van der Waals surface area (Å²) in [6, 6.07) is 4.00. The van der Waals surface area contributed by atoms with Gasteiger partial charge in [0.15, 0.2) is 17.4 Å². The van der Waals surface area contributed by atoms with Crippen molar-refractivity contribution in [2.75, 3.05) is 0 Å². The minimum absolute atomic E-state index is 0.0843. The lowest BCUT2D eigenvalue weighted by Crippen LogP contribution is -2.09. The van der Waals surface area contributed by atoms with Gasteiger partial charge in [0.2, 0.25) is 0 Å². The number of rotatable bonds is 3. The predicted octanol–water partition coefficient (Wildman–Crippen LogP) is 3.19. The fraction of sp³-hybridized carbons (Fsp3) is 0.231. The second kappa shape index (κ2) is 5.21. The number of hydrogen-bond donors (Lipinski definition) is 0. The Morgan fingerprint density at radius 3 is 2.68 bits per heavy atom. The third-order valence-electron chi connectivity index (χ3n) is 2.78. The highest BCUT2D eigenvalue weighted by Crippen LogP contribution is 2.24. The maximum Gasteiger partial charge on any atom is 0.173 e. The van der Waals surface area contributed by atoms with Gasteiger partial charge in [-0.1, -0.05) is 0 Å². The van der Waals surface area contributed by atoms with Crippen molar-refractivity contribution in [3.8, 4) is 0 Å². The van der Waals surface area contributed by atoms with Gasteiger partial charge in [-0.3, -0.25) is 9.48 Å². The molecule has 3 nitrogen and oxygen atoms in total. The van der Waals surface area contributed by atoms with Gasteiger partial charge in [-0.15, -0.1) is 0 Å². The summed E-state index contributed by atoms with van der Waals surface area (Å²) in [7, 11) is 1.73. The molecule has 2 rings (SSSR count). The second-order valence-electron chi connectivity index (χ2n) is 4.22. The molecule has 0 unspecified atom stereocenters. The molecule has 0 saturated heterocycles. The Labute approximate surface area is 117 Å². The van der Waals surface area contributed by atoms with Gasteiger partial charge in [-0.2, -0.15) is 5.10 Å². The van der Waals surface area contributed by atoms with Gasteiger partial charge in [0, 0.05) is 18.3 Å². The largest absolute Gasteiger partial charge is 0.294 e. The molecule has 0 N–H and O–H groups in total. The average molecular weight is 329 g/mol. The molecule has 0 atom stereocenters. The molecule has 0 aliphatic rings. The molecule has 6 heteroatoms. The van der Waals surface area contributed by atoms with Crippen LogP contribution in [0.4, 0.5) is 8.78 Å². The molecular weight excluding hydrogens is 318 g/mol. The minimum atomic E-state index is -1.05. The molecule has 0 aliphatic carbocycles. The van der Waals surface area contributed by atoms with Crippen LogP contribution in [0, 0.1) is 18.6 Å². The van der Waals surface area contributed by atoms with Crippen LogP contribution in [0.3, 0.4) is 0 Å². The molecule has 2 aromatic rings. The topological polar surface area (TPSA) is 34.9 Å². The number of carbonyl (C=O) groups excluding carboxylic acids is 1. The number of Topliss-reactive ketones (excluding diaryl/α,β-unsaturated/α-hetero) is 1. The summed E-state index contributed by atoms with van der Waals surface area (Å²) >= 11 is 2.91. The number of benzene rings is 1. The van der Waals surface area contributed by atoms with E-state index in [9.17, 15) is 13.6 Å². The molecular formula is C13H11BrF2N2O. The predicted molar refractivity (Wildman–Crippen MR) is 70.0 cm³/mol. The Bertz CT molecular complexity index is 652. The quantitative estimate of drug-likeness (QED) is 0.640. The number of aryl methyl sites for hydroxylation is 2. The van der Waals surface area contributed by atoms with Gasteiger partial charge in [-0.05, 0) is 41.1 Å². The van der Waals surface area contributed by atoms with Gasteiger partial charge in [0.05, 0.1) is 16.6 Å². The fourth-order valence-electron chi connectivity index (χ4n) is 1.83. The number of aromatic nitrogens is 2. The van der Waals surface area contributed by atoms with Gasteiger partial charge in [0.1, 0.15) is 0 Å². The molecule has 0 radical (unpaired) electrons. The van der Waals surface area contributed by atoms with Crippen LogP contribution < -0.4 is 0 Å². The third-order valence-corrected chi connectivity index (χ3v) is 3.55. The highest BCUT2D eigenvalue weighted by atomic mass is 79.9. The summed E-state index contributed by atoms with van der Waals surface area (Å²) in [4.78, 5) is 12.1. The molecule has 0 amide bonds. The number of ketones is 1. The van der Waals surface area contributed by atoms with Crippen LogP contribution in [0.1, 0.15) is 21.7 Å². The van der Waals surface area contributed by atoms with Crippen LogP contribution >= 0.6 is 15.9 Å². The monoisotopic (exact) mass is 328 g/mol. The van der Waals surface area contributed by atoms with E-state index in [4.69, 9.17) is 0 Å². The van der Waals surface area contributed by atoms with Crippen molar-refractivity contribution in [2.45, 2.75) is 13.3 Å². The second-order valence-corrected chi connectivity index (χ2v) is 5.02. The summed E-state index contributed by atoms with van der Waals surface area (Å²) in [6.07, 6.45) is 0.0843. The Balaban J connectivity index is 2.31. The van der Waals surface area contributed by atoms with Crippen molar-refractivity contribution in [1.29, 1.82) is 0 Å². The lowest BCUT2D eigenvalue weighted by molar-refractivity contribution is 0.0989. The summed E-state index contributed by atoms with van der Waals surface area (Å²) in [5.41, 5.74) is 1.64. The molecule has 0 spiro atoms. The van der Waals surface area contributed by atoms with Gasteiger partial charge in [-0.25, -0.2) is 8.78 Å². The van der Waals surface area contributed by atoms with Crippen LogP contribution in [-0.4, -0.2) is 15.6 Å². The van der Waals surface area contributed by atoms with Crippen molar-refractivity contribution < 1.29 is 13.6 Å². The molecule has 1 aromatic heterocycles. The zero-order valence-corrected chi connectivity index (χ0v) is 12.0. The smallest absolute Gasteiger partial charge is 0.173 e. The number of carbonyl (C=O) groups is 1. The van der Waals surface area contributed by atoms with E-state index in [2.05, 4.69) is 21.0 Å². The Hall–Kier alpha value is -1.56. The van der Waals surface area contributed by atoms with Crippen molar-refractivity contribution in [3.05, 3.63) is 51.3 Å². The standard InChI is InChI=1S/C13H11BrF2N2O/c1-7-5-8(18(2)17-7)6-11(19)9-3-4-10(15)13(16)12(9)14/h3-5H,6H2,1-2H3. The first kappa shape index (κ1) is 13.9. The van der Waals surface area contributed by atoms with Crippen molar-refractivity contribution in [2.24, 2.45) is 7.05 Å². The van der Waals surface area contributed by atoms with Crippen molar-refractivity contribution in [3.63, 3.8) is 0 Å². The van der Waals surface area contributed by atoms with E-state index in [1.165, 1.54) is 6.07 Å². The Morgan fingerprint density at radius 2 is 2.11 bits per heavy atom. The summed E-state index contributed by atoms with van der Waals surface area (Å²) < 4.78 is 27.8. The Kier molecular flexibility index (Phi) is 3.80. The molecule has 1 aromatic carbocycles. The van der Waals surface area contributed by atoms with Gasteiger partial charge in [0.25, 0.3) is 0 Å². The first-order valence-electron chi connectivity index (χ1n) is 5.56. The Morgan fingerprint density at radius 1 is 1.42 bits per heavy atom. The van der Waals surface area contributed by atoms with E-state index in [1.54, 1.807) is 17.8 Å². The molecule has 0 fully saturated rings. The normalized spacial score (nSPS) is 10.8. The minimum Gasteiger partial charge on any atom is -0.294 e. The van der Waals surface area contributed by atoms with Crippen molar-refractivity contribution >= 4 is 21.7 Å². The van der Waals surface area contributed by atoms with Crippen LogP contribution in [0.5, 0.6) is 0 Å². The van der Waals surface area contributed by atoms with Crippen molar-refractivity contribution in [1.82, 2.24) is 9.78 Å². The molecule has 1 heterocycles. The fourth-order valence-corrected chi connectivity index (χ4v) is 2.37. The number of halogens is 3. The van der Waals surface area contributed by atoms with E-state index in [0.717, 1.165) is 17.5 Å². The van der Waals surface area contributed by atoms with Gasteiger partial charge >= 0.3 is 0 Å². The SMILES string of the molecule is Cc1cc(CC(=O)c2ccc(F)c(F)c2Br)n(C)n1. The molecule has 0 aliphatic heterocycles. The zero-order chi connectivity index (χ0) is 14.2. The summed E-state index contributed by atoms with van der Waals surface area (Å²) in [5.74, 6) is -2.33. The number of nitrogens with zero attached hydrogens (tertiary/aromatic N) is 2. The molecule has 0 saturated carbocycles. The average Bonchev–Trinajstić information content (AvgIpc) is 2.65. The molecule has 100 valence electrons. The summed E-state index contributed by atoms with van der Waals surface area (Å²) in [5, 5.41) is 4.13. The van der Waals surface area contributed by atoms with Crippen LogP contribution in [0.2, 0.25) is 0 Å². The first-order valence-corrected chi connectivity index (χ1v) is 6.35. The lowest BCUT2D eigenvalue weighted by Gasteiger charge is -2.05. The highest BCUT2D eigenvalue weighted by molar-refractivity contribution is 9.10. The summed E-state index contributed by atoms with van der Waals surface area (Å²) in [6.45, 7) is 1.82. The maximum atomic E-state index is 13.4. The molecule has 19 heavy (non-hydrogen) atoms. The van der Waals surface area contributed by atoms with E-state index < -0.39 is 11.6 Å². The van der Waals surface area contributed by atoms with E-state index in [-0.39, 0.29) is 22.2 Å². The first-order chi connectivity index (χ1) is 8.90. The van der Waals surface area contributed by atoms with Gasteiger partial charge < -0.3 is 0 Å². The highest BCUT2D eigenvalue weighted by Gasteiger charge is 2.18. The van der Waals surface area contributed by atoms with E-state index in [1.807, 2.05) is 6.92 Å². The molecule has 0 bridgehead atoms. The number of hydrogen-bond acceptors (Lipinski definition) is 2. The van der Waals surface area contributed by atoms with E-state index >= 15 is 0 Å². The van der Waals surface area contributed by atoms with Crippen LogP contribution in [0.15, 0.2) is 22.7 Å². The maximum absolute atomic E-state index is 13.4. The zero-order valence-electron chi connectivity index (χ0n) is 10.4.